The monoisotopic (exact) mass is 535 g/mol. The molecule has 2 amide bonds. The smallest absolute Gasteiger partial charge is 0.394 e. The molecule has 1 aliphatic heterocycles. The van der Waals surface area contributed by atoms with E-state index < -0.39 is 55.0 Å². The molecule has 0 saturated carbocycles. The molecule has 0 radical (unpaired) electrons. The van der Waals surface area contributed by atoms with E-state index in [1.54, 1.807) is 13.8 Å². The highest BCUT2D eigenvalue weighted by Crippen LogP contribution is 2.37. The second-order valence-corrected chi connectivity index (χ2v) is 9.89. The molecular formula is C22H26F5N5O3S. The first-order chi connectivity index (χ1) is 16.6. The zero-order chi connectivity index (χ0) is 27.0. The van der Waals surface area contributed by atoms with Crippen molar-refractivity contribution in [2.24, 2.45) is 0 Å². The molecule has 2 aromatic rings. The van der Waals surface area contributed by atoms with Gasteiger partial charge in [0.05, 0.1) is 18.0 Å². The van der Waals surface area contributed by atoms with Crippen molar-refractivity contribution in [3.8, 4) is 10.4 Å². The molecule has 2 aromatic heterocycles. The van der Waals surface area contributed by atoms with Gasteiger partial charge in [-0.15, -0.1) is 11.3 Å². The lowest BCUT2D eigenvalue weighted by atomic mass is 10.1. The van der Waals surface area contributed by atoms with Gasteiger partial charge >= 0.3 is 6.18 Å². The van der Waals surface area contributed by atoms with E-state index in [1.807, 2.05) is 0 Å². The number of carbonyl (C=O) groups excluding carboxylic acids is 2. The van der Waals surface area contributed by atoms with Gasteiger partial charge in [0.15, 0.2) is 5.01 Å². The molecule has 0 unspecified atom stereocenters. The first-order valence-corrected chi connectivity index (χ1v) is 11.9. The highest BCUT2D eigenvalue weighted by atomic mass is 32.1. The average Bonchev–Trinajstić information content (AvgIpc) is 3.32. The van der Waals surface area contributed by atoms with E-state index in [0.29, 0.717) is 11.1 Å². The van der Waals surface area contributed by atoms with Crippen LogP contribution in [0.15, 0.2) is 12.3 Å². The summed E-state index contributed by atoms with van der Waals surface area (Å²) < 4.78 is 66.6. The molecule has 0 spiro atoms. The van der Waals surface area contributed by atoms with Gasteiger partial charge in [0.1, 0.15) is 17.6 Å². The number of amides is 2. The van der Waals surface area contributed by atoms with Crippen molar-refractivity contribution in [2.45, 2.75) is 64.3 Å². The van der Waals surface area contributed by atoms with Gasteiger partial charge in [-0.25, -0.2) is 18.7 Å². The minimum atomic E-state index is -4.49. The first kappa shape index (κ1) is 27.7. The molecule has 1 aliphatic rings. The van der Waals surface area contributed by atoms with Crippen molar-refractivity contribution in [3.63, 3.8) is 0 Å². The third-order valence-electron chi connectivity index (χ3n) is 5.67. The van der Waals surface area contributed by atoms with Crippen LogP contribution in [0.25, 0.3) is 10.4 Å². The van der Waals surface area contributed by atoms with Crippen LogP contribution in [-0.2, 0) is 0 Å². The number of pyridine rings is 1. The number of aryl methyl sites for hydroxylation is 1. The molecule has 3 rings (SSSR count). The maximum absolute atomic E-state index is 14.0. The average molecular weight is 536 g/mol. The van der Waals surface area contributed by atoms with Gasteiger partial charge in [-0.3, -0.25) is 9.59 Å². The summed E-state index contributed by atoms with van der Waals surface area (Å²) in [7, 11) is 0. The summed E-state index contributed by atoms with van der Waals surface area (Å²) in [4.78, 5) is 35.2. The fourth-order valence-corrected chi connectivity index (χ4v) is 4.71. The third kappa shape index (κ3) is 6.09. The van der Waals surface area contributed by atoms with E-state index in [-0.39, 0.29) is 28.0 Å². The Hall–Kier alpha value is -2.87. The van der Waals surface area contributed by atoms with Gasteiger partial charge in [-0.1, -0.05) is 0 Å². The molecule has 3 heterocycles. The number of hydrogen-bond donors (Lipinski definition) is 3. The number of aliphatic hydroxyl groups is 1. The fourth-order valence-electron chi connectivity index (χ4n) is 3.67. The van der Waals surface area contributed by atoms with Crippen molar-refractivity contribution in [1.82, 2.24) is 20.2 Å². The van der Waals surface area contributed by atoms with Gasteiger partial charge in [-0.05, 0) is 39.3 Å². The van der Waals surface area contributed by atoms with Gasteiger partial charge in [0.25, 0.3) is 17.7 Å². The van der Waals surface area contributed by atoms with Crippen LogP contribution < -0.4 is 10.6 Å². The van der Waals surface area contributed by atoms with Gasteiger partial charge in [-0.2, -0.15) is 13.2 Å². The molecule has 0 aliphatic carbocycles. The molecule has 36 heavy (non-hydrogen) atoms. The minimum absolute atomic E-state index is 0.0546. The number of rotatable bonds is 7. The number of nitrogens with zero attached hydrogens (tertiary/aromatic N) is 3. The molecule has 198 valence electrons. The van der Waals surface area contributed by atoms with E-state index in [0.717, 1.165) is 23.2 Å². The van der Waals surface area contributed by atoms with Crippen LogP contribution in [0.3, 0.4) is 0 Å². The Morgan fingerprint density at radius 3 is 2.53 bits per heavy atom. The SMILES string of the molecule is Cc1cc(N[C@@H](C)C(F)(F)F)ncc1-c1sc(C(=O)N[C@H](C)CO)nc1C(=O)N1CC(F)(F)C[C@@H]1C. The number of aromatic nitrogens is 2. The Balaban J connectivity index is 2.02. The van der Waals surface area contributed by atoms with E-state index in [2.05, 4.69) is 20.6 Å². The first-order valence-electron chi connectivity index (χ1n) is 11.0. The summed E-state index contributed by atoms with van der Waals surface area (Å²) >= 11 is 0.819. The highest BCUT2D eigenvalue weighted by Gasteiger charge is 2.46. The molecule has 3 N–H and O–H groups in total. The second kappa shape index (κ2) is 10.2. The van der Waals surface area contributed by atoms with Gasteiger partial charge < -0.3 is 20.6 Å². The Morgan fingerprint density at radius 2 is 2.00 bits per heavy atom. The minimum Gasteiger partial charge on any atom is -0.394 e. The Bertz CT molecular complexity index is 1140. The van der Waals surface area contributed by atoms with E-state index in [1.165, 1.54) is 19.2 Å². The van der Waals surface area contributed by atoms with Crippen LogP contribution in [0.4, 0.5) is 27.8 Å². The maximum atomic E-state index is 14.0. The number of nitrogens with one attached hydrogen (secondary N) is 2. The summed E-state index contributed by atoms with van der Waals surface area (Å²) in [5, 5.41) is 13.8. The van der Waals surface area contributed by atoms with Crippen molar-refractivity contribution >= 4 is 29.0 Å². The molecule has 14 heteroatoms. The quantitative estimate of drug-likeness (QED) is 0.465. The Labute approximate surface area is 207 Å². The largest absolute Gasteiger partial charge is 0.408 e. The van der Waals surface area contributed by atoms with Crippen LogP contribution in [0.2, 0.25) is 0 Å². The Morgan fingerprint density at radius 1 is 1.33 bits per heavy atom. The number of halogens is 5. The summed E-state index contributed by atoms with van der Waals surface area (Å²) in [6.45, 7) is 4.40. The second-order valence-electron chi connectivity index (χ2n) is 8.89. The van der Waals surface area contributed by atoms with Crippen LogP contribution in [-0.4, -0.2) is 75.2 Å². The highest BCUT2D eigenvalue weighted by molar-refractivity contribution is 7.17. The van der Waals surface area contributed by atoms with Gasteiger partial charge in [0, 0.05) is 30.3 Å². The van der Waals surface area contributed by atoms with Crippen LogP contribution in [0, 0.1) is 6.92 Å². The van der Waals surface area contributed by atoms with Crippen molar-refractivity contribution < 1.29 is 36.6 Å². The molecule has 3 atom stereocenters. The number of hydrogen-bond acceptors (Lipinski definition) is 7. The zero-order valence-electron chi connectivity index (χ0n) is 19.9. The predicted molar refractivity (Wildman–Crippen MR) is 123 cm³/mol. The summed E-state index contributed by atoms with van der Waals surface area (Å²) in [5.74, 6) is -4.60. The molecular weight excluding hydrogens is 509 g/mol. The van der Waals surface area contributed by atoms with Crippen LogP contribution in [0.1, 0.15) is 53.0 Å². The molecule has 0 bridgehead atoms. The summed E-state index contributed by atoms with van der Waals surface area (Å²) in [6, 6.07) is -1.89. The molecule has 1 saturated heterocycles. The zero-order valence-corrected chi connectivity index (χ0v) is 20.7. The van der Waals surface area contributed by atoms with Gasteiger partial charge in [0.2, 0.25) is 0 Å². The number of alkyl halides is 5. The van der Waals surface area contributed by atoms with Crippen LogP contribution in [0.5, 0.6) is 0 Å². The summed E-state index contributed by atoms with van der Waals surface area (Å²) in [5.41, 5.74) is 0.504. The van der Waals surface area contributed by atoms with Crippen LogP contribution >= 0.6 is 11.3 Å². The lowest BCUT2D eigenvalue weighted by molar-refractivity contribution is -0.138. The van der Waals surface area contributed by atoms with E-state index in [4.69, 9.17) is 0 Å². The molecule has 8 nitrogen and oxygen atoms in total. The normalized spacial score (nSPS) is 19.2. The van der Waals surface area contributed by atoms with E-state index in [9.17, 15) is 36.6 Å². The number of thiazole rings is 1. The topological polar surface area (TPSA) is 107 Å². The standard InChI is InChI=1S/C22H26F5N5O3S/c1-10-5-15(30-13(4)22(25,26)27)28-7-14(10)17-16(20(35)32-9-21(23,24)6-12(32)3)31-19(36-17)18(34)29-11(2)8-33/h5,7,11-13,33H,6,8-9H2,1-4H3,(H,28,30)(H,29,34)/t11-,12+,13+/m1/s1. The lowest BCUT2D eigenvalue weighted by Gasteiger charge is -2.20. The number of aliphatic hydroxyl groups excluding tert-OH is 1. The van der Waals surface area contributed by atoms with Crippen molar-refractivity contribution in [3.05, 3.63) is 28.5 Å². The Kier molecular flexibility index (Phi) is 7.89. The van der Waals surface area contributed by atoms with Crippen molar-refractivity contribution in [1.29, 1.82) is 0 Å². The predicted octanol–water partition coefficient (Wildman–Crippen LogP) is 3.86. The number of carbonyl (C=O) groups is 2. The molecule has 0 aromatic carbocycles. The van der Waals surface area contributed by atoms with E-state index >= 15 is 0 Å². The number of anilines is 1. The maximum Gasteiger partial charge on any atom is 0.408 e. The lowest BCUT2D eigenvalue weighted by Crippen LogP contribution is -2.36. The van der Waals surface area contributed by atoms with Crippen molar-refractivity contribution in [2.75, 3.05) is 18.5 Å². The summed E-state index contributed by atoms with van der Waals surface area (Å²) in [6.07, 6.45) is -3.77. The third-order valence-corrected chi connectivity index (χ3v) is 6.76. The number of likely N-dealkylation sites (tertiary alicyclic amines) is 1. The molecule has 1 fully saturated rings. The fraction of sp³-hybridized carbons (Fsp3) is 0.545.